The minimum Gasteiger partial charge on any atom is -0.363 e. The van der Waals surface area contributed by atoms with Crippen LogP contribution in [0.15, 0.2) is 36.7 Å². The minimum absolute atomic E-state index is 0. The number of aromatic nitrogens is 4. The van der Waals surface area contributed by atoms with Gasteiger partial charge in [0.05, 0.1) is 6.04 Å². The molecular formula is C18H20ClFN6S. The summed E-state index contributed by atoms with van der Waals surface area (Å²) in [6.45, 7) is 1.93. The topological polar surface area (TPSA) is 78.5 Å². The summed E-state index contributed by atoms with van der Waals surface area (Å²) < 4.78 is 13.2. The quantitative estimate of drug-likeness (QED) is 0.542. The van der Waals surface area contributed by atoms with E-state index in [1.165, 1.54) is 31.3 Å². The van der Waals surface area contributed by atoms with Crippen LogP contribution >= 0.6 is 25.1 Å². The Morgan fingerprint density at radius 3 is 2.67 bits per heavy atom. The van der Waals surface area contributed by atoms with E-state index in [0.717, 1.165) is 17.1 Å². The van der Waals surface area contributed by atoms with Crippen molar-refractivity contribution in [2.24, 2.45) is 0 Å². The van der Waals surface area contributed by atoms with Gasteiger partial charge in [-0.05, 0) is 37.5 Å². The van der Waals surface area contributed by atoms with E-state index in [2.05, 4.69) is 30.8 Å². The molecule has 1 aromatic carbocycles. The van der Waals surface area contributed by atoms with Crippen molar-refractivity contribution in [1.29, 1.82) is 0 Å². The van der Waals surface area contributed by atoms with Crippen molar-refractivity contribution in [3.8, 4) is 0 Å². The zero-order chi connectivity index (χ0) is 18.1. The first kappa shape index (κ1) is 19.4. The van der Waals surface area contributed by atoms with Crippen LogP contribution in [0.5, 0.6) is 0 Å². The van der Waals surface area contributed by atoms with Crippen molar-refractivity contribution < 1.29 is 4.39 Å². The highest BCUT2D eigenvalue weighted by Gasteiger charge is 2.25. The van der Waals surface area contributed by atoms with Crippen molar-refractivity contribution in [2.75, 3.05) is 10.6 Å². The average molecular weight is 407 g/mol. The number of benzene rings is 1. The molecule has 2 heterocycles. The molecule has 142 valence electrons. The molecule has 27 heavy (non-hydrogen) atoms. The van der Waals surface area contributed by atoms with Crippen molar-refractivity contribution in [3.05, 3.63) is 58.8 Å². The number of rotatable bonds is 6. The fourth-order valence-corrected chi connectivity index (χ4v) is 3.12. The van der Waals surface area contributed by atoms with E-state index in [0.29, 0.717) is 22.6 Å². The van der Waals surface area contributed by atoms with E-state index in [1.54, 1.807) is 12.1 Å². The summed E-state index contributed by atoms with van der Waals surface area (Å²) in [4.78, 5) is 8.45. The van der Waals surface area contributed by atoms with Gasteiger partial charge in [-0.3, -0.25) is 5.10 Å². The maximum Gasteiger partial charge on any atom is 0.153 e. The van der Waals surface area contributed by atoms with Gasteiger partial charge in [0, 0.05) is 28.8 Å². The lowest BCUT2D eigenvalue weighted by Gasteiger charge is -2.16. The molecule has 1 aliphatic carbocycles. The molecular weight excluding hydrogens is 387 g/mol. The number of halogens is 2. The maximum absolute atomic E-state index is 13.2. The minimum atomic E-state index is -0.357. The Kier molecular flexibility index (Phi) is 5.86. The van der Waals surface area contributed by atoms with Gasteiger partial charge in [-0.25, -0.2) is 14.4 Å². The lowest BCUT2D eigenvalue weighted by molar-refractivity contribution is 0.626. The Labute approximate surface area is 168 Å². The third-order valence-corrected chi connectivity index (χ3v) is 4.66. The number of anilines is 3. The smallest absolute Gasteiger partial charge is 0.153 e. The molecule has 0 radical (unpaired) electrons. The molecule has 0 saturated heterocycles. The van der Waals surface area contributed by atoms with E-state index in [1.807, 2.05) is 13.0 Å². The Hall–Kier alpha value is -2.32. The normalized spacial score (nSPS) is 14.3. The molecule has 1 fully saturated rings. The van der Waals surface area contributed by atoms with E-state index >= 15 is 0 Å². The highest BCUT2D eigenvalue weighted by Crippen LogP contribution is 2.39. The Bertz CT molecular complexity index is 930. The van der Waals surface area contributed by atoms with Crippen molar-refractivity contribution in [1.82, 2.24) is 20.2 Å². The van der Waals surface area contributed by atoms with Gasteiger partial charge in [0.1, 0.15) is 23.8 Å². The molecule has 0 unspecified atom stereocenters. The Morgan fingerprint density at radius 2 is 1.93 bits per heavy atom. The fraction of sp³-hybridized carbons (Fsp3) is 0.278. The molecule has 0 spiro atoms. The monoisotopic (exact) mass is 406 g/mol. The summed E-state index contributed by atoms with van der Waals surface area (Å²) in [6, 6.07) is 8.02. The van der Waals surface area contributed by atoms with Gasteiger partial charge in [0.2, 0.25) is 0 Å². The van der Waals surface area contributed by atoms with Crippen LogP contribution < -0.4 is 10.6 Å². The first-order valence-electron chi connectivity index (χ1n) is 8.44. The van der Waals surface area contributed by atoms with E-state index < -0.39 is 0 Å². The lowest BCUT2D eigenvalue weighted by Crippen LogP contribution is -2.09. The molecule has 0 amide bonds. The highest BCUT2D eigenvalue weighted by molar-refractivity contribution is 7.59. The maximum atomic E-state index is 13.2. The Balaban J connectivity index is 0.00000210. The summed E-state index contributed by atoms with van der Waals surface area (Å²) in [5.74, 6) is 2.25. The zero-order valence-corrected chi connectivity index (χ0v) is 16.4. The first-order chi connectivity index (χ1) is 12.6. The van der Waals surface area contributed by atoms with Crippen LogP contribution in [0.1, 0.15) is 43.0 Å². The van der Waals surface area contributed by atoms with Crippen LogP contribution in [-0.4, -0.2) is 20.2 Å². The van der Waals surface area contributed by atoms with Gasteiger partial charge >= 0.3 is 0 Å². The predicted molar refractivity (Wildman–Crippen MR) is 110 cm³/mol. The second kappa shape index (κ2) is 8.14. The van der Waals surface area contributed by atoms with Crippen LogP contribution in [0.2, 0.25) is 5.02 Å². The molecule has 4 rings (SSSR count). The van der Waals surface area contributed by atoms with Crippen molar-refractivity contribution in [3.63, 3.8) is 0 Å². The molecule has 1 atom stereocenters. The van der Waals surface area contributed by atoms with E-state index in [-0.39, 0.29) is 25.4 Å². The van der Waals surface area contributed by atoms with Crippen molar-refractivity contribution in [2.45, 2.75) is 31.7 Å². The summed E-state index contributed by atoms with van der Waals surface area (Å²) in [6.07, 6.45) is 3.90. The largest absolute Gasteiger partial charge is 0.363 e. The first-order valence-corrected chi connectivity index (χ1v) is 8.82. The summed E-state index contributed by atoms with van der Waals surface area (Å²) in [7, 11) is 0. The summed E-state index contributed by atoms with van der Waals surface area (Å²) in [5, 5.41) is 14.1. The highest BCUT2D eigenvalue weighted by atomic mass is 35.5. The van der Waals surface area contributed by atoms with E-state index in [9.17, 15) is 4.39 Å². The third kappa shape index (κ3) is 4.70. The standard InChI is InChI=1S/C18H18ClFN6.H2S/c1-10(13-5-4-12(20)6-14(13)19)23-16-8-17(22-9-21-16)24-18-7-15(25-26-18)11-2-3-11;/h4-11H,2-3H2,1H3,(H3,21,22,23,24,25,26);1H2/t10-;/m0./s1. The SMILES string of the molecule is C[C@H](Nc1cc(Nc2cc(C3CC3)[nH]n2)ncn1)c1ccc(F)cc1Cl.S. The molecule has 0 aliphatic heterocycles. The molecule has 1 aliphatic rings. The van der Waals surface area contributed by atoms with E-state index in [4.69, 9.17) is 11.6 Å². The number of hydrogen-bond acceptors (Lipinski definition) is 5. The van der Waals surface area contributed by atoms with Crippen LogP contribution in [0, 0.1) is 5.82 Å². The number of hydrogen-bond donors (Lipinski definition) is 3. The van der Waals surface area contributed by atoms with Crippen LogP contribution in [-0.2, 0) is 0 Å². The number of H-pyrrole nitrogens is 1. The second-order valence-corrected chi connectivity index (χ2v) is 6.84. The van der Waals surface area contributed by atoms with Crippen molar-refractivity contribution >= 4 is 42.6 Å². The number of aromatic amines is 1. The van der Waals surface area contributed by atoms with Gasteiger partial charge in [-0.2, -0.15) is 18.6 Å². The fourth-order valence-electron chi connectivity index (χ4n) is 2.79. The average Bonchev–Trinajstić information content (AvgIpc) is 3.35. The molecule has 6 nitrogen and oxygen atoms in total. The summed E-state index contributed by atoms with van der Waals surface area (Å²) >= 11 is 6.13. The van der Waals surface area contributed by atoms with Gasteiger partial charge in [0.25, 0.3) is 0 Å². The zero-order valence-electron chi connectivity index (χ0n) is 14.6. The predicted octanol–water partition coefficient (Wildman–Crippen LogP) is 4.90. The molecule has 3 aromatic rings. The van der Waals surface area contributed by atoms with Gasteiger partial charge in [-0.15, -0.1) is 0 Å². The second-order valence-electron chi connectivity index (χ2n) is 6.43. The van der Waals surface area contributed by atoms with Gasteiger partial charge in [-0.1, -0.05) is 17.7 Å². The van der Waals surface area contributed by atoms with Gasteiger partial charge < -0.3 is 10.6 Å². The Morgan fingerprint density at radius 1 is 1.15 bits per heavy atom. The van der Waals surface area contributed by atoms with Crippen LogP contribution in [0.4, 0.5) is 21.8 Å². The molecule has 1 saturated carbocycles. The number of nitrogens with zero attached hydrogens (tertiary/aromatic N) is 3. The summed E-state index contributed by atoms with van der Waals surface area (Å²) in [5.41, 5.74) is 1.95. The molecule has 9 heteroatoms. The molecule has 3 N–H and O–H groups in total. The lowest BCUT2D eigenvalue weighted by atomic mass is 10.1. The molecule has 0 bridgehead atoms. The van der Waals surface area contributed by atoms with Crippen LogP contribution in [0.25, 0.3) is 0 Å². The van der Waals surface area contributed by atoms with Crippen LogP contribution in [0.3, 0.4) is 0 Å². The molecule has 2 aromatic heterocycles. The third-order valence-electron chi connectivity index (χ3n) is 4.33. The number of nitrogens with one attached hydrogen (secondary N) is 3. The van der Waals surface area contributed by atoms with Gasteiger partial charge in [0.15, 0.2) is 5.82 Å².